The molecule has 9 nitrogen and oxygen atoms in total. The van der Waals surface area contributed by atoms with E-state index in [4.69, 9.17) is 29.2 Å². The minimum absolute atomic E-state index is 0.179. The molecule has 0 N–H and O–H groups in total. The second-order valence-corrected chi connectivity index (χ2v) is 7.15. The zero-order valence-electron chi connectivity index (χ0n) is 17.1. The van der Waals surface area contributed by atoms with Gasteiger partial charge in [-0.05, 0) is 24.4 Å². The first kappa shape index (κ1) is 20.1. The molecule has 1 fully saturated rings. The van der Waals surface area contributed by atoms with Crippen molar-refractivity contribution in [2.24, 2.45) is 5.11 Å². The molecule has 2 aliphatic rings. The number of rotatable bonds is 7. The van der Waals surface area contributed by atoms with Crippen LogP contribution < -0.4 is 14.2 Å². The number of carbonyl (C=O) groups excluding carboxylic acids is 1. The van der Waals surface area contributed by atoms with Crippen LogP contribution in [0.25, 0.3) is 21.2 Å². The fraction of sp³-hybridized carbons (Fsp3) is 0.476. The van der Waals surface area contributed by atoms with Crippen molar-refractivity contribution in [1.29, 1.82) is 0 Å². The fourth-order valence-electron chi connectivity index (χ4n) is 4.47. The number of ether oxygens (including phenoxy) is 5. The number of methoxy groups -OCH3 is 3. The number of nitrogens with zero attached hydrogens (tertiary/aromatic N) is 3. The Balaban J connectivity index is 1.98. The molecule has 1 saturated heterocycles. The molecule has 0 spiro atoms. The second kappa shape index (κ2) is 8.30. The maximum atomic E-state index is 12.1. The highest BCUT2D eigenvalue weighted by atomic mass is 16.6. The first-order valence-corrected chi connectivity index (χ1v) is 9.74. The molecule has 0 aromatic heterocycles. The van der Waals surface area contributed by atoms with Crippen molar-refractivity contribution in [3.8, 4) is 17.2 Å². The van der Waals surface area contributed by atoms with Gasteiger partial charge in [-0.3, -0.25) is 4.79 Å². The number of azide groups is 1. The van der Waals surface area contributed by atoms with Gasteiger partial charge in [0, 0.05) is 28.0 Å². The third-order valence-electron chi connectivity index (χ3n) is 5.60. The van der Waals surface area contributed by atoms with E-state index in [1.54, 1.807) is 21.3 Å². The van der Waals surface area contributed by atoms with Crippen LogP contribution in [0.3, 0.4) is 0 Å². The lowest BCUT2D eigenvalue weighted by Crippen LogP contribution is -2.29. The lowest BCUT2D eigenvalue weighted by Gasteiger charge is -2.36. The largest absolute Gasteiger partial charge is 0.496 e. The van der Waals surface area contributed by atoms with E-state index in [-0.39, 0.29) is 18.5 Å². The Morgan fingerprint density at radius 1 is 1.17 bits per heavy atom. The van der Waals surface area contributed by atoms with Crippen LogP contribution >= 0.6 is 0 Å². The van der Waals surface area contributed by atoms with E-state index in [1.807, 2.05) is 18.2 Å². The molecule has 2 aliphatic heterocycles. The second-order valence-electron chi connectivity index (χ2n) is 7.15. The topological polar surface area (TPSA) is 112 Å². The smallest absolute Gasteiger partial charge is 0.309 e. The van der Waals surface area contributed by atoms with Crippen LogP contribution in [-0.2, 0) is 14.3 Å². The predicted molar refractivity (Wildman–Crippen MR) is 108 cm³/mol. The number of esters is 1. The first-order chi connectivity index (χ1) is 14.6. The Hall–Kier alpha value is -3.16. The molecule has 2 heterocycles. The number of hydrogen-bond acceptors (Lipinski definition) is 7. The molecule has 0 unspecified atom stereocenters. The Kier molecular flexibility index (Phi) is 5.57. The lowest BCUT2D eigenvalue weighted by molar-refractivity contribution is -0.143. The van der Waals surface area contributed by atoms with Crippen LogP contribution in [0.2, 0.25) is 0 Å². The highest BCUT2D eigenvalue weighted by molar-refractivity contribution is 6.01. The summed E-state index contributed by atoms with van der Waals surface area (Å²) < 4.78 is 29.2. The van der Waals surface area contributed by atoms with Crippen LogP contribution in [0.15, 0.2) is 23.3 Å². The van der Waals surface area contributed by atoms with E-state index in [0.717, 1.165) is 21.9 Å². The normalized spacial score (nSPS) is 22.0. The summed E-state index contributed by atoms with van der Waals surface area (Å²) in [6.07, 6.45) is 0.0390. The highest BCUT2D eigenvalue weighted by Gasteiger charge is 2.47. The zero-order valence-corrected chi connectivity index (χ0v) is 17.1. The van der Waals surface area contributed by atoms with Crippen LogP contribution in [0.5, 0.6) is 17.2 Å². The molecule has 2 aromatic rings. The van der Waals surface area contributed by atoms with Crippen molar-refractivity contribution >= 4 is 16.7 Å². The van der Waals surface area contributed by atoms with Gasteiger partial charge in [-0.2, -0.15) is 0 Å². The van der Waals surface area contributed by atoms with E-state index < -0.39 is 12.2 Å². The standard InChI is InChI=1S/C21H23N3O6/c1-26-12-7-4-6-11-16(12)21(28-3)17-13(8-5-9-23-24-22)29-14-10-15(25)30-20(14)18(17)19(11)27-2/h4,6-7,13-14,20H,5,8-10H2,1-3H3/t13-,14+,20-/m0/s1. The number of fused-ring (bicyclic) bond motifs is 4. The summed E-state index contributed by atoms with van der Waals surface area (Å²) in [5.41, 5.74) is 10.1. The number of carbonyl (C=O) groups is 1. The van der Waals surface area contributed by atoms with Crippen molar-refractivity contribution < 1.29 is 28.5 Å². The van der Waals surface area contributed by atoms with Crippen LogP contribution in [-0.4, -0.2) is 39.9 Å². The molecule has 158 valence electrons. The van der Waals surface area contributed by atoms with E-state index in [1.165, 1.54) is 0 Å². The molecule has 0 radical (unpaired) electrons. The van der Waals surface area contributed by atoms with Gasteiger partial charge in [0.15, 0.2) is 6.10 Å². The Bertz CT molecular complexity index is 1030. The summed E-state index contributed by atoms with van der Waals surface area (Å²) in [6.45, 7) is 0.353. The van der Waals surface area contributed by atoms with E-state index in [2.05, 4.69) is 10.0 Å². The van der Waals surface area contributed by atoms with Crippen LogP contribution in [0.1, 0.15) is 42.6 Å². The number of benzene rings is 2. The van der Waals surface area contributed by atoms with Crippen molar-refractivity contribution in [2.45, 2.75) is 37.6 Å². The van der Waals surface area contributed by atoms with Gasteiger partial charge in [0.2, 0.25) is 0 Å². The molecule has 4 rings (SSSR count). The molecular formula is C21H23N3O6. The van der Waals surface area contributed by atoms with Gasteiger partial charge < -0.3 is 23.7 Å². The van der Waals surface area contributed by atoms with Crippen molar-refractivity contribution in [3.63, 3.8) is 0 Å². The molecule has 0 aliphatic carbocycles. The molecule has 2 aromatic carbocycles. The molecule has 9 heteroatoms. The predicted octanol–water partition coefficient (Wildman–Crippen LogP) is 4.38. The van der Waals surface area contributed by atoms with Gasteiger partial charge in [-0.25, -0.2) is 0 Å². The maximum absolute atomic E-state index is 12.1. The third-order valence-corrected chi connectivity index (χ3v) is 5.60. The SMILES string of the molecule is COc1c2c(c(OC)c3c(OC)cccc13)[C@H](CCCN=[N+]=[N-])O[C@@H]1CC(=O)O[C@H]21. The monoisotopic (exact) mass is 413 g/mol. The summed E-state index contributed by atoms with van der Waals surface area (Å²) in [6, 6.07) is 5.66. The van der Waals surface area contributed by atoms with Crippen LogP contribution in [0.4, 0.5) is 0 Å². The van der Waals surface area contributed by atoms with Gasteiger partial charge in [-0.15, -0.1) is 0 Å². The summed E-state index contributed by atoms with van der Waals surface area (Å²) in [4.78, 5) is 14.9. The summed E-state index contributed by atoms with van der Waals surface area (Å²) >= 11 is 0. The Morgan fingerprint density at radius 2 is 1.97 bits per heavy atom. The van der Waals surface area contributed by atoms with Crippen molar-refractivity contribution in [3.05, 3.63) is 39.8 Å². The summed E-state index contributed by atoms with van der Waals surface area (Å²) in [5.74, 6) is 1.56. The average molecular weight is 413 g/mol. The lowest BCUT2D eigenvalue weighted by atomic mass is 9.85. The van der Waals surface area contributed by atoms with Crippen LogP contribution in [0, 0.1) is 0 Å². The molecule has 0 saturated carbocycles. The third kappa shape index (κ3) is 3.16. The summed E-state index contributed by atoms with van der Waals surface area (Å²) in [7, 11) is 4.79. The van der Waals surface area contributed by atoms with Gasteiger partial charge in [-0.1, -0.05) is 17.2 Å². The molecule has 3 atom stereocenters. The Labute approximate surface area is 173 Å². The highest BCUT2D eigenvalue weighted by Crippen LogP contribution is 2.56. The van der Waals surface area contributed by atoms with Gasteiger partial charge in [0.05, 0.1) is 39.2 Å². The zero-order chi connectivity index (χ0) is 21.3. The average Bonchev–Trinajstić information content (AvgIpc) is 3.14. The molecular weight excluding hydrogens is 390 g/mol. The van der Waals surface area contributed by atoms with E-state index >= 15 is 0 Å². The van der Waals surface area contributed by atoms with Gasteiger partial charge in [0.1, 0.15) is 23.4 Å². The maximum Gasteiger partial charge on any atom is 0.309 e. The van der Waals surface area contributed by atoms with Gasteiger partial charge >= 0.3 is 5.97 Å². The Morgan fingerprint density at radius 3 is 2.67 bits per heavy atom. The van der Waals surface area contributed by atoms with Crippen molar-refractivity contribution in [2.75, 3.05) is 27.9 Å². The fourth-order valence-corrected chi connectivity index (χ4v) is 4.47. The van der Waals surface area contributed by atoms with E-state index in [0.29, 0.717) is 36.6 Å². The quantitative estimate of drug-likeness (QED) is 0.219. The minimum atomic E-state index is -0.569. The minimum Gasteiger partial charge on any atom is -0.496 e. The summed E-state index contributed by atoms with van der Waals surface area (Å²) in [5, 5.41) is 5.19. The van der Waals surface area contributed by atoms with Gasteiger partial charge in [0.25, 0.3) is 0 Å². The molecule has 0 amide bonds. The van der Waals surface area contributed by atoms with Crippen molar-refractivity contribution in [1.82, 2.24) is 0 Å². The van der Waals surface area contributed by atoms with E-state index in [9.17, 15) is 4.79 Å². The molecule has 0 bridgehead atoms. The number of hydrogen-bond donors (Lipinski definition) is 0. The first-order valence-electron chi connectivity index (χ1n) is 9.74. The molecule has 30 heavy (non-hydrogen) atoms.